The third-order valence-corrected chi connectivity index (χ3v) is 4.35. The number of rotatable bonds is 5. The highest BCUT2D eigenvalue weighted by atomic mass is 16.2. The molecule has 6 heteroatoms. The molecule has 2 heterocycles. The number of benzene rings is 1. The summed E-state index contributed by atoms with van der Waals surface area (Å²) in [7, 11) is 0. The first-order valence-corrected chi connectivity index (χ1v) is 8.58. The monoisotopic (exact) mass is 338 g/mol. The molecule has 1 aliphatic rings. The van der Waals surface area contributed by atoms with Crippen molar-refractivity contribution in [2.24, 2.45) is 5.92 Å². The van der Waals surface area contributed by atoms with Gasteiger partial charge in [0.1, 0.15) is 11.6 Å². The minimum atomic E-state index is -0.181. The van der Waals surface area contributed by atoms with Crippen molar-refractivity contribution in [3.05, 3.63) is 47.4 Å². The Labute approximate surface area is 147 Å². The largest absolute Gasteiger partial charge is 0.326 e. The van der Waals surface area contributed by atoms with Gasteiger partial charge in [0.2, 0.25) is 11.8 Å². The SMILES string of the molecule is CCc1cc(NC(=O)CC[C@@H]2Cc3ccccc3NC2=O)nc(C)n1. The molecule has 0 bridgehead atoms. The van der Waals surface area contributed by atoms with Gasteiger partial charge in [0.15, 0.2) is 0 Å². The van der Waals surface area contributed by atoms with Crippen molar-refractivity contribution in [2.75, 3.05) is 10.6 Å². The number of fused-ring (bicyclic) bond motifs is 1. The van der Waals surface area contributed by atoms with Gasteiger partial charge in [-0.25, -0.2) is 9.97 Å². The number of carbonyl (C=O) groups excluding carboxylic acids is 2. The molecular weight excluding hydrogens is 316 g/mol. The fourth-order valence-electron chi connectivity index (χ4n) is 3.03. The zero-order valence-corrected chi connectivity index (χ0v) is 14.5. The lowest BCUT2D eigenvalue weighted by atomic mass is 9.89. The molecule has 0 saturated carbocycles. The summed E-state index contributed by atoms with van der Waals surface area (Å²) in [5.74, 6) is 0.828. The molecular formula is C19H22N4O2. The van der Waals surface area contributed by atoms with E-state index in [1.165, 1.54) is 0 Å². The number of aromatic nitrogens is 2. The molecule has 0 saturated heterocycles. The Hall–Kier alpha value is -2.76. The molecule has 0 spiro atoms. The lowest BCUT2D eigenvalue weighted by Gasteiger charge is -2.24. The number of nitrogens with zero attached hydrogens (tertiary/aromatic N) is 2. The van der Waals surface area contributed by atoms with Gasteiger partial charge in [0, 0.05) is 29.8 Å². The molecule has 130 valence electrons. The molecule has 2 amide bonds. The lowest BCUT2D eigenvalue weighted by molar-refractivity contribution is -0.121. The van der Waals surface area contributed by atoms with Crippen LogP contribution in [0.15, 0.2) is 30.3 Å². The first-order chi connectivity index (χ1) is 12.0. The van der Waals surface area contributed by atoms with Crippen LogP contribution in [-0.2, 0) is 22.4 Å². The molecule has 0 unspecified atom stereocenters. The molecule has 0 fully saturated rings. The van der Waals surface area contributed by atoms with Crippen molar-refractivity contribution in [1.29, 1.82) is 0 Å². The van der Waals surface area contributed by atoms with Gasteiger partial charge in [-0.3, -0.25) is 9.59 Å². The fourth-order valence-corrected chi connectivity index (χ4v) is 3.03. The van der Waals surface area contributed by atoms with Crippen molar-refractivity contribution in [2.45, 2.75) is 39.5 Å². The van der Waals surface area contributed by atoms with Crippen LogP contribution in [0.1, 0.15) is 36.8 Å². The van der Waals surface area contributed by atoms with Crippen molar-refractivity contribution < 1.29 is 9.59 Å². The van der Waals surface area contributed by atoms with Crippen LogP contribution in [0, 0.1) is 12.8 Å². The molecule has 1 aromatic heterocycles. The highest BCUT2D eigenvalue weighted by molar-refractivity contribution is 5.96. The van der Waals surface area contributed by atoms with Crippen LogP contribution in [0.3, 0.4) is 0 Å². The highest BCUT2D eigenvalue weighted by Gasteiger charge is 2.26. The van der Waals surface area contributed by atoms with E-state index >= 15 is 0 Å². The topological polar surface area (TPSA) is 84.0 Å². The summed E-state index contributed by atoms with van der Waals surface area (Å²) in [4.78, 5) is 32.9. The van der Waals surface area contributed by atoms with E-state index in [9.17, 15) is 9.59 Å². The Bertz CT molecular complexity index is 804. The van der Waals surface area contributed by atoms with Gasteiger partial charge in [-0.15, -0.1) is 0 Å². The van der Waals surface area contributed by atoms with Crippen molar-refractivity contribution in [3.8, 4) is 0 Å². The van der Waals surface area contributed by atoms with E-state index in [0.29, 0.717) is 24.5 Å². The summed E-state index contributed by atoms with van der Waals surface area (Å²) >= 11 is 0. The van der Waals surface area contributed by atoms with Gasteiger partial charge in [-0.1, -0.05) is 25.1 Å². The summed E-state index contributed by atoms with van der Waals surface area (Å²) in [6.07, 6.45) is 2.25. The molecule has 1 aromatic carbocycles. The number of hydrogen-bond donors (Lipinski definition) is 2. The van der Waals surface area contributed by atoms with Crippen molar-refractivity contribution in [3.63, 3.8) is 0 Å². The van der Waals surface area contributed by atoms with Gasteiger partial charge >= 0.3 is 0 Å². The Morgan fingerprint density at radius 3 is 2.92 bits per heavy atom. The van der Waals surface area contributed by atoms with E-state index in [0.717, 1.165) is 23.4 Å². The standard InChI is InChI=1S/C19H22N4O2/c1-3-15-11-17(21-12(2)20-15)23-18(24)9-8-14-10-13-6-4-5-7-16(13)22-19(14)25/h4-7,11,14H,3,8-10H2,1-2H3,(H,22,25)(H,20,21,23,24)/t14-/m1/s1. The minimum Gasteiger partial charge on any atom is -0.326 e. The van der Waals surface area contributed by atoms with E-state index in [4.69, 9.17) is 0 Å². The number of hydrogen-bond acceptors (Lipinski definition) is 4. The van der Waals surface area contributed by atoms with E-state index in [1.54, 1.807) is 13.0 Å². The summed E-state index contributed by atoms with van der Waals surface area (Å²) in [6, 6.07) is 9.56. The molecule has 2 aromatic rings. The van der Waals surface area contributed by atoms with Crippen molar-refractivity contribution >= 4 is 23.3 Å². The number of anilines is 2. The van der Waals surface area contributed by atoms with Crippen LogP contribution in [-0.4, -0.2) is 21.8 Å². The van der Waals surface area contributed by atoms with Crippen LogP contribution in [0.5, 0.6) is 0 Å². The second-order valence-corrected chi connectivity index (χ2v) is 6.28. The average Bonchev–Trinajstić information content (AvgIpc) is 2.59. The average molecular weight is 338 g/mol. The van der Waals surface area contributed by atoms with E-state index in [2.05, 4.69) is 20.6 Å². The molecule has 3 rings (SSSR count). The molecule has 6 nitrogen and oxygen atoms in total. The smallest absolute Gasteiger partial charge is 0.227 e. The van der Waals surface area contributed by atoms with Gasteiger partial charge in [0.05, 0.1) is 0 Å². The predicted molar refractivity (Wildman–Crippen MR) is 96.3 cm³/mol. The van der Waals surface area contributed by atoms with E-state index in [-0.39, 0.29) is 24.2 Å². The third kappa shape index (κ3) is 4.21. The van der Waals surface area contributed by atoms with Crippen LogP contribution in [0.2, 0.25) is 0 Å². The molecule has 0 aliphatic carbocycles. The molecule has 2 N–H and O–H groups in total. The molecule has 25 heavy (non-hydrogen) atoms. The number of nitrogens with one attached hydrogen (secondary N) is 2. The maximum absolute atomic E-state index is 12.2. The number of carbonyl (C=O) groups is 2. The molecule has 1 atom stereocenters. The second kappa shape index (κ2) is 7.42. The Morgan fingerprint density at radius 1 is 1.32 bits per heavy atom. The predicted octanol–water partition coefficient (Wildman–Crippen LogP) is 2.88. The summed E-state index contributed by atoms with van der Waals surface area (Å²) in [5, 5.41) is 5.72. The quantitative estimate of drug-likeness (QED) is 0.878. The second-order valence-electron chi connectivity index (χ2n) is 6.28. The minimum absolute atomic E-state index is 0.0161. The van der Waals surface area contributed by atoms with Crippen LogP contribution in [0.4, 0.5) is 11.5 Å². The Balaban J connectivity index is 1.58. The Morgan fingerprint density at radius 2 is 2.12 bits per heavy atom. The van der Waals surface area contributed by atoms with Gasteiger partial charge < -0.3 is 10.6 Å². The van der Waals surface area contributed by atoms with Crippen LogP contribution >= 0.6 is 0 Å². The van der Waals surface area contributed by atoms with Gasteiger partial charge in [0.25, 0.3) is 0 Å². The van der Waals surface area contributed by atoms with Gasteiger partial charge in [-0.05, 0) is 37.8 Å². The molecule has 1 aliphatic heterocycles. The maximum atomic E-state index is 12.2. The number of para-hydroxylation sites is 1. The Kier molecular flexibility index (Phi) is 5.07. The molecule has 0 radical (unpaired) electrons. The first-order valence-electron chi connectivity index (χ1n) is 8.58. The first kappa shape index (κ1) is 17.1. The van der Waals surface area contributed by atoms with Crippen molar-refractivity contribution in [1.82, 2.24) is 9.97 Å². The highest BCUT2D eigenvalue weighted by Crippen LogP contribution is 2.27. The normalized spacial score (nSPS) is 16.1. The number of amides is 2. The zero-order chi connectivity index (χ0) is 17.8. The summed E-state index contributed by atoms with van der Waals surface area (Å²) in [6.45, 7) is 3.81. The third-order valence-electron chi connectivity index (χ3n) is 4.35. The fraction of sp³-hybridized carbons (Fsp3) is 0.368. The summed E-state index contributed by atoms with van der Waals surface area (Å²) in [5.41, 5.74) is 2.88. The van der Waals surface area contributed by atoms with Gasteiger partial charge in [-0.2, -0.15) is 0 Å². The summed E-state index contributed by atoms with van der Waals surface area (Å²) < 4.78 is 0. The lowest BCUT2D eigenvalue weighted by Crippen LogP contribution is -2.30. The van der Waals surface area contributed by atoms with Crippen LogP contribution < -0.4 is 10.6 Å². The van der Waals surface area contributed by atoms with E-state index in [1.807, 2.05) is 31.2 Å². The zero-order valence-electron chi connectivity index (χ0n) is 14.5. The van der Waals surface area contributed by atoms with Crippen LogP contribution in [0.25, 0.3) is 0 Å². The number of aryl methyl sites for hydroxylation is 2. The van der Waals surface area contributed by atoms with E-state index < -0.39 is 0 Å². The maximum Gasteiger partial charge on any atom is 0.227 e.